The van der Waals surface area contributed by atoms with Gasteiger partial charge in [-0.05, 0) is 58.2 Å². The highest BCUT2D eigenvalue weighted by Gasteiger charge is 2.45. The van der Waals surface area contributed by atoms with Crippen LogP contribution in [0.1, 0.15) is 51.0 Å². The number of nitrogens with zero attached hydrogens (tertiary/aromatic N) is 2. The van der Waals surface area contributed by atoms with E-state index in [1.807, 2.05) is 0 Å². The van der Waals surface area contributed by atoms with Gasteiger partial charge in [0.25, 0.3) is 5.92 Å². The van der Waals surface area contributed by atoms with Crippen LogP contribution in [-0.2, 0) is 0 Å². The standard InChI is InChI=1S/C13H14F2N2O3.C6H15N/c14-13(15)6-17(7-13)10-4-3-9(12(18)19)16-11(10)20-5-8-1-2-8;1-5-7-6(2,3)4/h3-4,8H,1-2,5-7H2,(H,18,19);7H,5H2,1-4H3. The lowest BCUT2D eigenvalue weighted by Crippen LogP contribution is -2.56. The molecule has 0 atom stereocenters. The van der Waals surface area contributed by atoms with Gasteiger partial charge in [-0.2, -0.15) is 0 Å². The molecular formula is C19H29F2N3O3. The lowest BCUT2D eigenvalue weighted by molar-refractivity contribution is -0.0265. The molecule has 0 radical (unpaired) electrons. The van der Waals surface area contributed by atoms with E-state index in [0.29, 0.717) is 23.8 Å². The normalized spacial score (nSPS) is 18.2. The van der Waals surface area contributed by atoms with Crippen molar-refractivity contribution < 1.29 is 23.4 Å². The van der Waals surface area contributed by atoms with Gasteiger partial charge in [-0.25, -0.2) is 18.6 Å². The van der Waals surface area contributed by atoms with E-state index in [4.69, 9.17) is 9.84 Å². The summed E-state index contributed by atoms with van der Waals surface area (Å²) in [5.74, 6) is -3.26. The molecule has 1 saturated carbocycles. The zero-order chi connectivity index (χ0) is 20.2. The summed E-state index contributed by atoms with van der Waals surface area (Å²) >= 11 is 0. The van der Waals surface area contributed by atoms with E-state index >= 15 is 0 Å². The Kier molecular flexibility index (Phi) is 6.62. The highest BCUT2D eigenvalue weighted by molar-refractivity contribution is 5.86. The Morgan fingerprint density at radius 2 is 2.00 bits per heavy atom. The third-order valence-electron chi connectivity index (χ3n) is 4.10. The molecule has 2 heterocycles. The van der Waals surface area contributed by atoms with Crippen LogP contribution in [0, 0.1) is 5.92 Å². The number of nitrogens with one attached hydrogen (secondary N) is 1. The molecule has 8 heteroatoms. The minimum Gasteiger partial charge on any atom is -0.477 e. The van der Waals surface area contributed by atoms with Crippen molar-refractivity contribution in [3.05, 3.63) is 17.8 Å². The molecule has 152 valence electrons. The fourth-order valence-corrected chi connectivity index (χ4v) is 2.59. The summed E-state index contributed by atoms with van der Waals surface area (Å²) in [6, 6.07) is 2.78. The number of ether oxygens (including phenoxy) is 1. The highest BCUT2D eigenvalue weighted by Crippen LogP contribution is 2.37. The van der Waals surface area contributed by atoms with Crippen molar-refractivity contribution in [1.29, 1.82) is 0 Å². The van der Waals surface area contributed by atoms with Crippen molar-refractivity contribution >= 4 is 11.7 Å². The van der Waals surface area contributed by atoms with Crippen molar-refractivity contribution in [3.8, 4) is 5.88 Å². The van der Waals surface area contributed by atoms with Gasteiger partial charge in [-0.3, -0.25) is 0 Å². The molecule has 2 fully saturated rings. The second kappa shape index (κ2) is 8.37. The topological polar surface area (TPSA) is 74.7 Å². The molecule has 0 aromatic carbocycles. The minimum atomic E-state index is -2.70. The van der Waals surface area contributed by atoms with Gasteiger partial charge in [0, 0.05) is 5.54 Å². The van der Waals surface area contributed by atoms with Crippen molar-refractivity contribution in [2.45, 2.75) is 52.0 Å². The Hall–Kier alpha value is -1.96. The summed E-state index contributed by atoms with van der Waals surface area (Å²) in [5.41, 5.74) is 0.586. The van der Waals surface area contributed by atoms with E-state index in [9.17, 15) is 13.6 Å². The Morgan fingerprint density at radius 3 is 2.41 bits per heavy atom. The van der Waals surface area contributed by atoms with E-state index in [1.54, 1.807) is 0 Å². The molecule has 0 spiro atoms. The number of alkyl halides is 2. The van der Waals surface area contributed by atoms with Crippen LogP contribution in [0.25, 0.3) is 0 Å². The number of carboxylic acid groups (broad SMARTS) is 1. The monoisotopic (exact) mass is 385 g/mol. The zero-order valence-electron chi connectivity index (χ0n) is 16.4. The van der Waals surface area contributed by atoms with Gasteiger partial charge in [-0.1, -0.05) is 6.92 Å². The molecule has 1 saturated heterocycles. The van der Waals surface area contributed by atoms with E-state index in [-0.39, 0.29) is 24.7 Å². The minimum absolute atomic E-state index is 0.132. The van der Waals surface area contributed by atoms with Crippen LogP contribution in [0.5, 0.6) is 5.88 Å². The summed E-state index contributed by atoms with van der Waals surface area (Å²) in [6.45, 7) is 9.34. The molecule has 2 aliphatic rings. The maximum absolute atomic E-state index is 12.9. The van der Waals surface area contributed by atoms with Crippen LogP contribution in [0.2, 0.25) is 0 Å². The number of pyridine rings is 1. The Morgan fingerprint density at radius 1 is 1.37 bits per heavy atom. The predicted octanol–water partition coefficient (Wildman–Crippen LogP) is 3.42. The molecule has 0 unspecified atom stereocenters. The summed E-state index contributed by atoms with van der Waals surface area (Å²) in [4.78, 5) is 16.3. The van der Waals surface area contributed by atoms with Gasteiger partial charge >= 0.3 is 5.97 Å². The molecule has 1 aliphatic carbocycles. The van der Waals surface area contributed by atoms with E-state index in [2.05, 4.69) is 38.0 Å². The lowest BCUT2D eigenvalue weighted by Gasteiger charge is -2.40. The fraction of sp³-hybridized carbons (Fsp3) is 0.684. The number of carbonyl (C=O) groups is 1. The third kappa shape index (κ3) is 6.93. The van der Waals surface area contributed by atoms with Crippen molar-refractivity contribution in [3.63, 3.8) is 0 Å². The number of hydrogen-bond acceptors (Lipinski definition) is 5. The van der Waals surface area contributed by atoms with E-state index < -0.39 is 11.9 Å². The molecule has 1 aliphatic heterocycles. The number of aromatic nitrogens is 1. The Labute approximate surface area is 158 Å². The molecule has 0 bridgehead atoms. The van der Waals surface area contributed by atoms with Crippen molar-refractivity contribution in [2.75, 3.05) is 31.1 Å². The summed E-state index contributed by atoms with van der Waals surface area (Å²) in [6.07, 6.45) is 2.16. The molecule has 2 N–H and O–H groups in total. The van der Waals surface area contributed by atoms with Gasteiger partial charge in [0.1, 0.15) is 5.69 Å². The molecule has 3 rings (SSSR count). The second-order valence-electron chi connectivity index (χ2n) is 8.07. The zero-order valence-corrected chi connectivity index (χ0v) is 16.4. The number of rotatable bonds is 6. The molecule has 0 amide bonds. The quantitative estimate of drug-likeness (QED) is 0.782. The Bertz CT molecular complexity index is 650. The van der Waals surface area contributed by atoms with Gasteiger partial charge in [0.05, 0.1) is 19.7 Å². The van der Waals surface area contributed by atoms with Crippen LogP contribution >= 0.6 is 0 Å². The SMILES string of the molecule is CCNC(C)(C)C.O=C(O)c1ccc(N2CC(F)(F)C2)c(OCC2CC2)n1. The maximum atomic E-state index is 12.9. The fourth-order valence-electron chi connectivity index (χ4n) is 2.59. The number of anilines is 1. The first-order chi connectivity index (χ1) is 12.5. The second-order valence-corrected chi connectivity index (χ2v) is 8.07. The van der Waals surface area contributed by atoms with Gasteiger partial charge < -0.3 is 20.1 Å². The summed E-state index contributed by atoms with van der Waals surface area (Å²) in [5, 5.41) is 12.2. The van der Waals surface area contributed by atoms with Crippen LogP contribution < -0.4 is 15.0 Å². The van der Waals surface area contributed by atoms with E-state index in [1.165, 1.54) is 17.0 Å². The van der Waals surface area contributed by atoms with Crippen molar-refractivity contribution in [2.24, 2.45) is 5.92 Å². The van der Waals surface area contributed by atoms with Crippen molar-refractivity contribution in [1.82, 2.24) is 10.3 Å². The van der Waals surface area contributed by atoms with Gasteiger partial charge in [-0.15, -0.1) is 0 Å². The van der Waals surface area contributed by atoms with E-state index in [0.717, 1.165) is 19.4 Å². The average molecular weight is 385 g/mol. The third-order valence-corrected chi connectivity index (χ3v) is 4.10. The molecule has 27 heavy (non-hydrogen) atoms. The molecule has 1 aromatic heterocycles. The van der Waals surface area contributed by atoms with Crippen LogP contribution in [0.3, 0.4) is 0 Å². The molecule has 6 nitrogen and oxygen atoms in total. The molecule has 1 aromatic rings. The smallest absolute Gasteiger partial charge is 0.354 e. The molecular weight excluding hydrogens is 356 g/mol. The number of hydrogen-bond donors (Lipinski definition) is 2. The number of halogens is 2. The summed E-state index contributed by atoms with van der Waals surface area (Å²) < 4.78 is 31.4. The van der Waals surface area contributed by atoms with Gasteiger partial charge in [0.15, 0.2) is 5.69 Å². The predicted molar refractivity (Wildman–Crippen MR) is 100 cm³/mol. The van der Waals surface area contributed by atoms with Crippen LogP contribution in [0.4, 0.5) is 14.5 Å². The average Bonchev–Trinajstić information content (AvgIpc) is 3.34. The van der Waals surface area contributed by atoms with Crippen LogP contribution in [0.15, 0.2) is 12.1 Å². The lowest BCUT2D eigenvalue weighted by atomic mass is 10.1. The maximum Gasteiger partial charge on any atom is 0.354 e. The number of aromatic carboxylic acids is 1. The van der Waals surface area contributed by atoms with Crippen LogP contribution in [-0.4, -0.2) is 53.8 Å². The summed E-state index contributed by atoms with van der Waals surface area (Å²) in [7, 11) is 0. The first-order valence-electron chi connectivity index (χ1n) is 9.25. The first kappa shape index (κ1) is 21.3. The highest BCUT2D eigenvalue weighted by atomic mass is 19.3. The van der Waals surface area contributed by atoms with Gasteiger partial charge in [0.2, 0.25) is 5.88 Å². The number of carboxylic acids is 1. The largest absolute Gasteiger partial charge is 0.477 e. The first-order valence-corrected chi connectivity index (χ1v) is 9.25. The Balaban J connectivity index is 0.000000321.